The normalized spacial score (nSPS) is 11.2. The molecule has 0 fully saturated rings. The fourth-order valence-electron chi connectivity index (χ4n) is 3.01. The van der Waals surface area contributed by atoms with Crippen LogP contribution in [0.1, 0.15) is 36.1 Å². The molecule has 3 rings (SSSR count). The molecule has 0 aliphatic carbocycles. The second-order valence-corrected chi connectivity index (χ2v) is 8.78. The maximum Gasteiger partial charge on any atom is 0.278 e. The standard InChI is InChI=1S/C20H26ClN5O2S.ClH/c1-12(2)26-15(11-13(3)23-26)19(27)25(10-9-24(4)5)20-22-17-16(28-6)8-7-14(21)18(17)29-20;/h7-8,11-12H,9-10H2,1-6H3;1H. The van der Waals surface area contributed by atoms with Crippen LogP contribution in [0, 0.1) is 6.92 Å². The molecular weight excluding hydrogens is 445 g/mol. The van der Waals surface area contributed by atoms with Gasteiger partial charge in [0.05, 0.1) is 22.5 Å². The number of aromatic nitrogens is 3. The lowest BCUT2D eigenvalue weighted by molar-refractivity contribution is 0.0973. The number of rotatable bonds is 7. The summed E-state index contributed by atoms with van der Waals surface area (Å²) in [6, 6.07) is 5.47. The average molecular weight is 472 g/mol. The number of halogens is 2. The molecule has 1 aromatic carbocycles. The van der Waals surface area contributed by atoms with E-state index in [1.165, 1.54) is 11.3 Å². The van der Waals surface area contributed by atoms with Crippen molar-refractivity contribution in [2.45, 2.75) is 26.8 Å². The van der Waals surface area contributed by atoms with Crippen molar-refractivity contribution < 1.29 is 9.53 Å². The number of nitrogens with zero attached hydrogens (tertiary/aromatic N) is 5. The topological polar surface area (TPSA) is 63.5 Å². The predicted molar refractivity (Wildman–Crippen MR) is 126 cm³/mol. The Kier molecular flexibility index (Phi) is 8.10. The molecule has 3 aromatic rings. The van der Waals surface area contributed by atoms with Crippen LogP contribution in [-0.4, -0.2) is 59.9 Å². The van der Waals surface area contributed by atoms with Crippen molar-refractivity contribution in [2.24, 2.45) is 0 Å². The Morgan fingerprint density at radius 1 is 1.30 bits per heavy atom. The number of carbonyl (C=O) groups excluding carboxylic acids is 1. The Bertz CT molecular complexity index is 1030. The minimum atomic E-state index is -0.129. The Morgan fingerprint density at radius 3 is 2.60 bits per heavy atom. The summed E-state index contributed by atoms with van der Waals surface area (Å²) in [6.45, 7) is 7.10. The number of carbonyl (C=O) groups is 1. The lowest BCUT2D eigenvalue weighted by Gasteiger charge is -2.22. The fraction of sp³-hybridized carbons (Fsp3) is 0.450. The highest BCUT2D eigenvalue weighted by molar-refractivity contribution is 7.23. The molecule has 30 heavy (non-hydrogen) atoms. The van der Waals surface area contributed by atoms with Gasteiger partial charge in [-0.1, -0.05) is 22.9 Å². The van der Waals surface area contributed by atoms with E-state index >= 15 is 0 Å². The number of fused-ring (bicyclic) bond motifs is 1. The van der Waals surface area contributed by atoms with Crippen LogP contribution >= 0.6 is 35.3 Å². The van der Waals surface area contributed by atoms with Crippen molar-refractivity contribution in [1.29, 1.82) is 0 Å². The number of aryl methyl sites for hydroxylation is 1. The van der Waals surface area contributed by atoms with E-state index in [4.69, 9.17) is 21.3 Å². The molecule has 0 saturated carbocycles. The quantitative estimate of drug-likeness (QED) is 0.500. The largest absolute Gasteiger partial charge is 0.494 e. The van der Waals surface area contributed by atoms with E-state index in [2.05, 4.69) is 5.10 Å². The third-order valence-electron chi connectivity index (χ3n) is 4.48. The van der Waals surface area contributed by atoms with E-state index in [9.17, 15) is 4.79 Å². The Hall–Kier alpha value is -1.87. The van der Waals surface area contributed by atoms with Gasteiger partial charge in [-0.15, -0.1) is 12.4 Å². The number of thiazole rings is 1. The van der Waals surface area contributed by atoms with Crippen molar-refractivity contribution in [3.63, 3.8) is 0 Å². The molecule has 2 aromatic heterocycles. The zero-order chi connectivity index (χ0) is 21.3. The van der Waals surface area contributed by atoms with Crippen LogP contribution in [0.4, 0.5) is 5.13 Å². The summed E-state index contributed by atoms with van der Waals surface area (Å²) in [7, 11) is 5.55. The van der Waals surface area contributed by atoms with Gasteiger partial charge >= 0.3 is 0 Å². The number of ether oxygens (including phenoxy) is 1. The second-order valence-electron chi connectivity index (χ2n) is 7.39. The van der Waals surface area contributed by atoms with Gasteiger partial charge in [0.1, 0.15) is 17.0 Å². The van der Waals surface area contributed by atoms with E-state index in [-0.39, 0.29) is 24.4 Å². The van der Waals surface area contributed by atoms with Gasteiger partial charge in [0, 0.05) is 19.1 Å². The molecule has 0 spiro atoms. The van der Waals surface area contributed by atoms with E-state index in [0.29, 0.717) is 40.2 Å². The van der Waals surface area contributed by atoms with Gasteiger partial charge < -0.3 is 9.64 Å². The van der Waals surface area contributed by atoms with Crippen molar-refractivity contribution in [3.05, 3.63) is 34.6 Å². The van der Waals surface area contributed by atoms with Gasteiger partial charge in [0.2, 0.25) is 0 Å². The molecule has 2 heterocycles. The zero-order valence-corrected chi connectivity index (χ0v) is 20.4. The molecule has 1 amide bonds. The molecule has 0 N–H and O–H groups in total. The summed E-state index contributed by atoms with van der Waals surface area (Å²) >= 11 is 7.78. The van der Waals surface area contributed by atoms with Crippen molar-refractivity contribution >= 4 is 56.6 Å². The summed E-state index contributed by atoms with van der Waals surface area (Å²) in [5, 5.41) is 5.67. The maximum absolute atomic E-state index is 13.6. The molecular formula is C20H27Cl2N5O2S. The van der Waals surface area contributed by atoms with Crippen LogP contribution < -0.4 is 9.64 Å². The molecule has 7 nitrogen and oxygen atoms in total. The highest BCUT2D eigenvalue weighted by atomic mass is 35.5. The van der Waals surface area contributed by atoms with Crippen molar-refractivity contribution in [2.75, 3.05) is 39.2 Å². The smallest absolute Gasteiger partial charge is 0.278 e. The summed E-state index contributed by atoms with van der Waals surface area (Å²) < 4.78 is 8.00. The van der Waals surface area contributed by atoms with Crippen LogP contribution in [0.2, 0.25) is 5.02 Å². The first-order valence-electron chi connectivity index (χ1n) is 9.38. The number of methoxy groups -OCH3 is 1. The number of anilines is 1. The Morgan fingerprint density at radius 2 is 2.00 bits per heavy atom. The van der Waals surface area contributed by atoms with E-state index in [0.717, 1.165) is 10.4 Å². The number of hydrogen-bond donors (Lipinski definition) is 0. The summed E-state index contributed by atoms with van der Waals surface area (Å²) in [5.74, 6) is 0.505. The van der Waals surface area contributed by atoms with E-state index in [1.807, 2.05) is 45.8 Å². The zero-order valence-electron chi connectivity index (χ0n) is 18.0. The Labute approximate surface area is 192 Å². The number of amides is 1. The molecule has 0 aliphatic heterocycles. The first-order chi connectivity index (χ1) is 13.7. The number of likely N-dealkylation sites (N-methyl/N-ethyl adjacent to an activating group) is 1. The summed E-state index contributed by atoms with van der Waals surface area (Å²) in [4.78, 5) is 22.0. The second kappa shape index (κ2) is 9.96. The predicted octanol–water partition coefficient (Wildman–Crippen LogP) is 4.67. The Balaban J connectivity index is 0.00000320. The van der Waals surface area contributed by atoms with Crippen LogP contribution in [0.5, 0.6) is 5.75 Å². The first-order valence-corrected chi connectivity index (χ1v) is 10.6. The monoisotopic (exact) mass is 471 g/mol. The van der Waals surface area contributed by atoms with Gasteiger partial charge in [0.25, 0.3) is 5.91 Å². The summed E-state index contributed by atoms with van der Waals surface area (Å²) in [5.41, 5.74) is 2.02. The van der Waals surface area contributed by atoms with Crippen LogP contribution in [0.15, 0.2) is 18.2 Å². The lowest BCUT2D eigenvalue weighted by Crippen LogP contribution is -2.38. The lowest BCUT2D eigenvalue weighted by atomic mass is 10.3. The van der Waals surface area contributed by atoms with Gasteiger partial charge in [-0.25, -0.2) is 4.98 Å². The summed E-state index contributed by atoms with van der Waals surface area (Å²) in [6.07, 6.45) is 0. The van der Waals surface area contributed by atoms with Crippen LogP contribution in [-0.2, 0) is 0 Å². The maximum atomic E-state index is 13.6. The highest BCUT2D eigenvalue weighted by Crippen LogP contribution is 2.39. The van der Waals surface area contributed by atoms with Crippen molar-refractivity contribution in [3.8, 4) is 5.75 Å². The minimum absolute atomic E-state index is 0. The van der Waals surface area contributed by atoms with Gasteiger partial charge in [-0.3, -0.25) is 14.4 Å². The average Bonchev–Trinajstić information content (AvgIpc) is 3.26. The van der Waals surface area contributed by atoms with Crippen LogP contribution in [0.25, 0.3) is 10.2 Å². The number of hydrogen-bond acceptors (Lipinski definition) is 6. The SMILES string of the molecule is COc1ccc(Cl)c2sc(N(CCN(C)C)C(=O)c3cc(C)nn3C(C)C)nc12.Cl. The molecule has 10 heteroatoms. The molecule has 0 saturated heterocycles. The molecule has 0 aliphatic rings. The highest BCUT2D eigenvalue weighted by Gasteiger charge is 2.26. The van der Waals surface area contributed by atoms with Gasteiger partial charge in [-0.05, 0) is 53.1 Å². The third kappa shape index (κ3) is 4.88. The molecule has 0 unspecified atom stereocenters. The molecule has 0 radical (unpaired) electrons. The fourth-order valence-corrected chi connectivity index (χ4v) is 4.29. The molecule has 0 atom stereocenters. The first kappa shape index (κ1) is 24.4. The third-order valence-corrected chi connectivity index (χ3v) is 6.02. The molecule has 164 valence electrons. The van der Waals surface area contributed by atoms with Crippen molar-refractivity contribution in [1.82, 2.24) is 19.7 Å². The van der Waals surface area contributed by atoms with Gasteiger partial charge in [-0.2, -0.15) is 5.10 Å². The van der Waals surface area contributed by atoms with Gasteiger partial charge in [0.15, 0.2) is 5.13 Å². The van der Waals surface area contributed by atoms with Crippen LogP contribution in [0.3, 0.4) is 0 Å². The number of benzene rings is 1. The van der Waals surface area contributed by atoms with E-state index in [1.54, 1.807) is 28.8 Å². The minimum Gasteiger partial charge on any atom is -0.494 e. The molecule has 0 bridgehead atoms. The van der Waals surface area contributed by atoms with E-state index < -0.39 is 0 Å².